The first-order chi connectivity index (χ1) is 17.4. The Morgan fingerprint density at radius 2 is 1.47 bits per heavy atom. The van der Waals surface area contributed by atoms with Gasteiger partial charge in [-0.25, -0.2) is 13.2 Å². The molecule has 0 amide bonds. The first kappa shape index (κ1) is 26.0. The lowest BCUT2D eigenvalue weighted by molar-refractivity contribution is 0.303. The summed E-state index contributed by atoms with van der Waals surface area (Å²) >= 11 is 0. The van der Waals surface area contributed by atoms with Crippen LogP contribution in [-0.2, 0) is 0 Å². The molecular formula is C31H32F4O. The first-order valence-corrected chi connectivity index (χ1v) is 12.8. The maximum atomic E-state index is 15.1. The van der Waals surface area contributed by atoms with Gasteiger partial charge in [0, 0.05) is 11.1 Å². The van der Waals surface area contributed by atoms with Gasteiger partial charge in [0.1, 0.15) is 0 Å². The Hall–Kier alpha value is -3.08. The Morgan fingerprint density at radius 3 is 2.14 bits per heavy atom. The van der Waals surface area contributed by atoms with Crippen molar-refractivity contribution in [2.24, 2.45) is 5.92 Å². The fraction of sp³-hybridized carbons (Fsp3) is 0.355. The van der Waals surface area contributed by atoms with Gasteiger partial charge in [0.2, 0.25) is 5.82 Å². The molecule has 0 unspecified atom stereocenters. The summed E-state index contributed by atoms with van der Waals surface area (Å²) in [5, 5.41) is 0. The quantitative estimate of drug-likeness (QED) is 0.223. The van der Waals surface area contributed by atoms with Crippen LogP contribution in [0.5, 0.6) is 5.75 Å². The Morgan fingerprint density at radius 1 is 0.750 bits per heavy atom. The molecule has 1 saturated carbocycles. The van der Waals surface area contributed by atoms with E-state index in [1.54, 1.807) is 49.4 Å². The van der Waals surface area contributed by atoms with Crippen molar-refractivity contribution in [3.63, 3.8) is 0 Å². The van der Waals surface area contributed by atoms with E-state index < -0.39 is 23.3 Å². The van der Waals surface area contributed by atoms with Crippen LogP contribution in [-0.4, -0.2) is 6.61 Å². The molecular weight excluding hydrogens is 464 g/mol. The molecule has 0 saturated heterocycles. The fourth-order valence-electron chi connectivity index (χ4n) is 5.18. The number of hydrogen-bond acceptors (Lipinski definition) is 1. The summed E-state index contributed by atoms with van der Waals surface area (Å²) in [5.41, 5.74) is 2.06. The molecule has 190 valence electrons. The largest absolute Gasteiger partial charge is 0.491 e. The number of halogens is 4. The lowest BCUT2D eigenvalue weighted by Crippen LogP contribution is -2.14. The van der Waals surface area contributed by atoms with Crippen LogP contribution in [0.1, 0.15) is 75.0 Å². The molecule has 0 atom stereocenters. The molecule has 3 aromatic rings. The number of ether oxygens (including phenoxy) is 1. The van der Waals surface area contributed by atoms with Gasteiger partial charge in [0.05, 0.1) is 6.61 Å². The van der Waals surface area contributed by atoms with Gasteiger partial charge in [-0.2, -0.15) is 4.39 Å². The van der Waals surface area contributed by atoms with E-state index in [1.165, 1.54) is 31.1 Å². The molecule has 1 aliphatic carbocycles. The van der Waals surface area contributed by atoms with Gasteiger partial charge in [0.15, 0.2) is 23.2 Å². The minimum Gasteiger partial charge on any atom is -0.491 e. The predicted octanol–water partition coefficient (Wildman–Crippen LogP) is 9.55. The lowest BCUT2D eigenvalue weighted by Gasteiger charge is -2.29. The van der Waals surface area contributed by atoms with Gasteiger partial charge in [-0.3, -0.25) is 0 Å². The number of rotatable bonds is 8. The summed E-state index contributed by atoms with van der Waals surface area (Å²) in [6.45, 7) is 4.12. The third-order valence-corrected chi connectivity index (χ3v) is 7.15. The van der Waals surface area contributed by atoms with Crippen LogP contribution in [0.15, 0.2) is 48.5 Å². The molecule has 0 aliphatic heterocycles. The van der Waals surface area contributed by atoms with Gasteiger partial charge in [0.25, 0.3) is 0 Å². The number of benzene rings is 3. The first-order valence-electron chi connectivity index (χ1n) is 12.8. The molecule has 1 aliphatic rings. The minimum atomic E-state index is -1.02. The van der Waals surface area contributed by atoms with E-state index in [0.717, 1.165) is 25.7 Å². The molecule has 0 aromatic heterocycles. The van der Waals surface area contributed by atoms with Gasteiger partial charge < -0.3 is 4.74 Å². The van der Waals surface area contributed by atoms with Crippen molar-refractivity contribution >= 4 is 12.2 Å². The average molecular weight is 497 g/mol. The summed E-state index contributed by atoms with van der Waals surface area (Å²) in [4.78, 5) is 0. The van der Waals surface area contributed by atoms with Crippen LogP contribution in [0.25, 0.3) is 23.3 Å². The SMILES string of the molecule is CCCC1CCC(c2ccc(-c3ccc(/C=C/c4ccc(OCC)c(F)c4F)cc3)c(F)c2F)CC1. The molecule has 1 nitrogen and oxygen atoms in total. The highest BCUT2D eigenvalue weighted by Crippen LogP contribution is 2.40. The minimum absolute atomic E-state index is 0.0713. The molecule has 3 aromatic carbocycles. The van der Waals surface area contributed by atoms with Gasteiger partial charge in [-0.1, -0.05) is 68.3 Å². The molecule has 1 fully saturated rings. The van der Waals surface area contributed by atoms with Crippen LogP contribution >= 0.6 is 0 Å². The molecule has 0 N–H and O–H groups in total. The van der Waals surface area contributed by atoms with Crippen molar-refractivity contribution in [3.8, 4) is 16.9 Å². The van der Waals surface area contributed by atoms with E-state index >= 15 is 8.78 Å². The molecule has 5 heteroatoms. The Bertz CT molecular complexity index is 1210. The van der Waals surface area contributed by atoms with Gasteiger partial charge >= 0.3 is 0 Å². The second-order valence-electron chi connectivity index (χ2n) is 9.51. The second kappa shape index (κ2) is 11.8. The zero-order valence-corrected chi connectivity index (χ0v) is 20.8. The smallest absolute Gasteiger partial charge is 0.201 e. The predicted molar refractivity (Wildman–Crippen MR) is 138 cm³/mol. The molecule has 0 bridgehead atoms. The van der Waals surface area contributed by atoms with E-state index in [-0.39, 0.29) is 29.4 Å². The Labute approximate surface area is 210 Å². The highest BCUT2D eigenvalue weighted by atomic mass is 19.2. The maximum Gasteiger partial charge on any atom is 0.201 e. The van der Waals surface area contributed by atoms with Crippen molar-refractivity contribution in [1.82, 2.24) is 0 Å². The summed E-state index contributed by atoms with van der Waals surface area (Å²) in [6, 6.07) is 13.1. The third-order valence-electron chi connectivity index (χ3n) is 7.15. The van der Waals surface area contributed by atoms with Crippen LogP contribution < -0.4 is 4.74 Å². The van der Waals surface area contributed by atoms with E-state index in [1.807, 2.05) is 0 Å². The lowest BCUT2D eigenvalue weighted by atomic mass is 9.77. The van der Waals surface area contributed by atoms with E-state index in [4.69, 9.17) is 4.74 Å². The van der Waals surface area contributed by atoms with E-state index in [2.05, 4.69) is 6.92 Å². The van der Waals surface area contributed by atoms with Crippen molar-refractivity contribution in [2.45, 2.75) is 58.3 Å². The Balaban J connectivity index is 1.48. The molecule has 4 rings (SSSR count). The molecule has 36 heavy (non-hydrogen) atoms. The van der Waals surface area contributed by atoms with Crippen LogP contribution in [0.2, 0.25) is 0 Å². The van der Waals surface area contributed by atoms with Crippen molar-refractivity contribution in [2.75, 3.05) is 6.61 Å². The van der Waals surface area contributed by atoms with Crippen LogP contribution in [0.3, 0.4) is 0 Å². The topological polar surface area (TPSA) is 9.23 Å². The van der Waals surface area contributed by atoms with E-state index in [0.29, 0.717) is 22.6 Å². The van der Waals surface area contributed by atoms with Crippen molar-refractivity contribution in [3.05, 3.63) is 88.5 Å². The maximum absolute atomic E-state index is 15.1. The zero-order chi connectivity index (χ0) is 25.7. The highest BCUT2D eigenvalue weighted by molar-refractivity contribution is 5.73. The summed E-state index contributed by atoms with van der Waals surface area (Å²) < 4.78 is 63.6. The Kier molecular flexibility index (Phi) is 8.50. The van der Waals surface area contributed by atoms with Crippen molar-refractivity contribution in [1.29, 1.82) is 0 Å². The van der Waals surface area contributed by atoms with Crippen LogP contribution in [0.4, 0.5) is 17.6 Å². The highest BCUT2D eigenvalue weighted by Gasteiger charge is 2.26. The average Bonchev–Trinajstić information content (AvgIpc) is 2.89. The standard InChI is InChI=1S/C31H32F4O/c1-3-5-20-6-11-22(12-7-20)25-17-18-26(30(34)29(25)33)23-13-8-21(9-14-23)10-15-24-16-19-27(36-4-2)31(35)28(24)32/h8-10,13-20,22H,3-7,11-12H2,1-2H3/b15-10+. The van der Waals surface area contributed by atoms with Gasteiger partial charge in [-0.05, 0) is 73.3 Å². The van der Waals surface area contributed by atoms with Crippen LogP contribution in [0, 0.1) is 29.2 Å². The molecule has 0 radical (unpaired) electrons. The summed E-state index contributed by atoms with van der Waals surface area (Å²) in [5.74, 6) is -2.92. The van der Waals surface area contributed by atoms with Gasteiger partial charge in [-0.15, -0.1) is 0 Å². The summed E-state index contributed by atoms with van der Waals surface area (Å²) in [7, 11) is 0. The van der Waals surface area contributed by atoms with Crippen molar-refractivity contribution < 1.29 is 22.3 Å². The zero-order valence-electron chi connectivity index (χ0n) is 20.8. The monoisotopic (exact) mass is 496 g/mol. The molecule has 0 heterocycles. The summed E-state index contributed by atoms with van der Waals surface area (Å²) in [6.07, 6.45) is 9.43. The fourth-order valence-corrected chi connectivity index (χ4v) is 5.18. The normalized spacial score (nSPS) is 18.1. The third kappa shape index (κ3) is 5.66. The number of hydrogen-bond donors (Lipinski definition) is 0. The van der Waals surface area contributed by atoms with E-state index in [9.17, 15) is 8.78 Å². The second-order valence-corrected chi connectivity index (χ2v) is 9.51. The molecule has 0 spiro atoms.